The Balaban J connectivity index is 1.30. The highest BCUT2D eigenvalue weighted by Crippen LogP contribution is 2.32. The molecule has 0 bridgehead atoms. The second kappa shape index (κ2) is 15.3. The summed E-state index contributed by atoms with van der Waals surface area (Å²) in [6, 6.07) is 11.2. The number of aromatic nitrogens is 6. The molecule has 0 radical (unpaired) electrons. The van der Waals surface area contributed by atoms with E-state index in [-0.39, 0.29) is 36.2 Å². The number of para-hydroxylation sites is 1. The number of nitrogens with zero attached hydrogens (tertiary/aromatic N) is 8. The van der Waals surface area contributed by atoms with Crippen LogP contribution in [0.3, 0.4) is 0 Å². The third-order valence-corrected chi connectivity index (χ3v) is 8.05. The number of hydrogen-bond donors (Lipinski definition) is 2. The molecule has 5 aromatic rings. The fourth-order valence-corrected chi connectivity index (χ4v) is 5.56. The molecule has 13 nitrogen and oxygen atoms in total. The summed E-state index contributed by atoms with van der Waals surface area (Å²) in [4.78, 5) is 34.1. The van der Waals surface area contributed by atoms with Crippen LogP contribution in [0.4, 0.5) is 26.2 Å². The van der Waals surface area contributed by atoms with Gasteiger partial charge in [-0.15, -0.1) is 0 Å². The summed E-state index contributed by atoms with van der Waals surface area (Å²) in [5, 5.41) is 11.2. The number of carbonyl (C=O) groups is 1. The van der Waals surface area contributed by atoms with Gasteiger partial charge in [0.25, 0.3) is 0 Å². The first-order valence-corrected chi connectivity index (χ1v) is 16.1. The van der Waals surface area contributed by atoms with E-state index in [2.05, 4.69) is 42.4 Å². The van der Waals surface area contributed by atoms with Crippen LogP contribution in [0.2, 0.25) is 0 Å². The molecule has 0 unspecified atom stereocenters. The van der Waals surface area contributed by atoms with Gasteiger partial charge in [0.05, 0.1) is 31.5 Å². The Morgan fingerprint density at radius 2 is 1.73 bits per heavy atom. The van der Waals surface area contributed by atoms with E-state index in [9.17, 15) is 4.79 Å². The Labute approximate surface area is 282 Å². The molecule has 2 N–H and O–H groups in total. The van der Waals surface area contributed by atoms with Crippen molar-refractivity contribution in [2.45, 2.75) is 26.8 Å². The molecule has 49 heavy (non-hydrogen) atoms. The fourth-order valence-electron chi connectivity index (χ4n) is 5.56. The number of halogens is 2. The summed E-state index contributed by atoms with van der Waals surface area (Å²) >= 11 is 0. The lowest BCUT2D eigenvalue weighted by atomic mass is 10.1. The first kappa shape index (κ1) is 33.6. The molecule has 1 amide bonds. The lowest BCUT2D eigenvalue weighted by molar-refractivity contribution is -0.114. The predicted octanol–water partition coefficient (Wildman–Crippen LogP) is 4.73. The summed E-state index contributed by atoms with van der Waals surface area (Å²) < 4.78 is 43.1. The maximum atomic E-state index is 15.1. The number of fused-ring (bicyclic) bond motifs is 1. The Morgan fingerprint density at radius 3 is 2.49 bits per heavy atom. The molecule has 2 aromatic carbocycles. The maximum Gasteiger partial charge on any atom is 0.222 e. The lowest BCUT2D eigenvalue weighted by Crippen LogP contribution is -2.44. The van der Waals surface area contributed by atoms with E-state index < -0.39 is 11.6 Å². The van der Waals surface area contributed by atoms with Gasteiger partial charge in [-0.05, 0) is 26.5 Å². The highest BCUT2D eigenvalue weighted by molar-refractivity contribution is 5.92. The van der Waals surface area contributed by atoms with Crippen molar-refractivity contribution in [1.82, 2.24) is 39.5 Å². The van der Waals surface area contributed by atoms with Gasteiger partial charge in [0.1, 0.15) is 41.0 Å². The second-order valence-electron chi connectivity index (χ2n) is 11.7. The van der Waals surface area contributed by atoms with E-state index in [1.54, 1.807) is 19.2 Å². The number of benzene rings is 2. The van der Waals surface area contributed by atoms with Crippen LogP contribution in [0.1, 0.15) is 25.8 Å². The van der Waals surface area contributed by atoms with Crippen molar-refractivity contribution in [2.75, 3.05) is 63.6 Å². The second-order valence-corrected chi connectivity index (χ2v) is 11.7. The van der Waals surface area contributed by atoms with Crippen LogP contribution in [0, 0.1) is 11.6 Å². The van der Waals surface area contributed by atoms with Gasteiger partial charge in [0.15, 0.2) is 17.4 Å². The minimum absolute atomic E-state index is 0.121. The van der Waals surface area contributed by atoms with Gasteiger partial charge in [-0.2, -0.15) is 5.10 Å². The molecule has 1 aliphatic heterocycles. The van der Waals surface area contributed by atoms with Crippen molar-refractivity contribution in [3.8, 4) is 23.0 Å². The highest BCUT2D eigenvalue weighted by atomic mass is 19.1. The molecule has 4 heterocycles. The van der Waals surface area contributed by atoms with Crippen LogP contribution in [0.5, 0.6) is 11.5 Å². The fraction of sp³-hybridized carbons (Fsp3) is 0.353. The van der Waals surface area contributed by atoms with Gasteiger partial charge in [0.2, 0.25) is 5.91 Å². The molecular formula is C34H38F2N10O3. The van der Waals surface area contributed by atoms with Gasteiger partial charge < -0.3 is 29.9 Å². The molecule has 3 aromatic heterocycles. The van der Waals surface area contributed by atoms with Crippen molar-refractivity contribution < 1.29 is 23.0 Å². The van der Waals surface area contributed by atoms with E-state index >= 15 is 8.78 Å². The maximum absolute atomic E-state index is 15.1. The topological polar surface area (TPSA) is 135 Å². The van der Waals surface area contributed by atoms with E-state index in [1.807, 2.05) is 24.3 Å². The number of hydrogen-bond acceptors (Lipinski definition) is 11. The Hall–Kier alpha value is -5.28. The van der Waals surface area contributed by atoms with Gasteiger partial charge in [0, 0.05) is 68.8 Å². The number of likely N-dealkylation sites (N-methyl/N-ethyl adjacent to an activating group) is 1. The monoisotopic (exact) mass is 672 g/mol. The molecule has 0 atom stereocenters. The highest BCUT2D eigenvalue weighted by Gasteiger charge is 2.21. The largest absolute Gasteiger partial charge is 0.494 e. The van der Waals surface area contributed by atoms with Gasteiger partial charge in [-0.1, -0.05) is 18.2 Å². The van der Waals surface area contributed by atoms with Crippen molar-refractivity contribution >= 4 is 34.3 Å². The Kier molecular flexibility index (Phi) is 10.5. The summed E-state index contributed by atoms with van der Waals surface area (Å²) in [5.41, 5.74) is 0.905. The van der Waals surface area contributed by atoms with E-state index in [1.165, 1.54) is 30.1 Å². The number of nitrogens with one attached hydrogen (secondary N) is 2. The predicted molar refractivity (Wildman–Crippen MR) is 181 cm³/mol. The number of anilines is 3. The lowest BCUT2D eigenvalue weighted by Gasteiger charge is -2.32. The Bertz CT molecular complexity index is 1910. The minimum atomic E-state index is -0.732. The zero-order valence-electron chi connectivity index (χ0n) is 27.6. The van der Waals surface area contributed by atoms with Gasteiger partial charge >= 0.3 is 0 Å². The van der Waals surface area contributed by atoms with Crippen molar-refractivity contribution in [3.63, 3.8) is 0 Å². The zero-order chi connectivity index (χ0) is 34.3. The first-order chi connectivity index (χ1) is 23.8. The normalized spacial score (nSPS) is 13.8. The van der Waals surface area contributed by atoms with Crippen LogP contribution in [0.25, 0.3) is 22.4 Å². The SMILES string of the molecule is CCOc1cc(F)c(Cn2nc(-c3ncc(OCCCN4CCN(C)CC4)c(Nc4cc(NC(C)=O)ncn4)n3)c3ccccc32)c(F)c1. The molecule has 1 saturated heterocycles. The summed E-state index contributed by atoms with van der Waals surface area (Å²) in [7, 11) is 2.13. The summed E-state index contributed by atoms with van der Waals surface area (Å²) in [6.07, 6.45) is 3.69. The number of piperazine rings is 1. The van der Waals surface area contributed by atoms with Crippen LogP contribution in [-0.4, -0.2) is 98.4 Å². The standard InChI is InChI=1S/C34H38F2N10O3/c1-4-48-23-16-26(35)25(27(36)17-23)20-46-28-9-6-5-8-24(28)32(43-46)34-37-19-29(49-15-7-10-45-13-11-44(3)12-14-45)33(42-34)41-31-18-30(38-21-39-31)40-22(2)47/h5-6,8-9,16-19,21H,4,7,10-15,20H2,1-3H3,(H2,37,38,39,40,41,42,47). The number of amides is 1. The smallest absolute Gasteiger partial charge is 0.222 e. The molecule has 256 valence electrons. The third kappa shape index (κ3) is 8.24. The van der Waals surface area contributed by atoms with Crippen molar-refractivity contribution in [3.05, 3.63) is 72.2 Å². The number of carbonyl (C=O) groups excluding carboxylic acids is 1. The minimum Gasteiger partial charge on any atom is -0.494 e. The average Bonchev–Trinajstić information content (AvgIpc) is 3.44. The first-order valence-electron chi connectivity index (χ1n) is 16.1. The third-order valence-electron chi connectivity index (χ3n) is 8.05. The van der Waals surface area contributed by atoms with Gasteiger partial charge in [-0.25, -0.2) is 28.7 Å². The van der Waals surface area contributed by atoms with Crippen LogP contribution in [0.15, 0.2) is 55.0 Å². The molecule has 15 heteroatoms. The summed E-state index contributed by atoms with van der Waals surface area (Å²) in [5.74, 6) is 0.0280. The van der Waals surface area contributed by atoms with Crippen LogP contribution in [-0.2, 0) is 11.3 Å². The average molecular weight is 673 g/mol. The Morgan fingerprint density at radius 1 is 0.980 bits per heavy atom. The van der Waals surface area contributed by atoms with Crippen LogP contribution < -0.4 is 20.1 Å². The molecule has 1 fully saturated rings. The van der Waals surface area contributed by atoms with Crippen molar-refractivity contribution in [1.29, 1.82) is 0 Å². The van der Waals surface area contributed by atoms with Crippen LogP contribution >= 0.6 is 0 Å². The van der Waals surface area contributed by atoms with E-state index in [4.69, 9.17) is 19.6 Å². The molecule has 0 spiro atoms. The number of rotatable bonds is 13. The molecule has 1 aliphatic rings. The van der Waals surface area contributed by atoms with E-state index in [0.29, 0.717) is 46.4 Å². The number of ether oxygens (including phenoxy) is 2. The zero-order valence-corrected chi connectivity index (χ0v) is 27.6. The molecule has 6 rings (SSSR count). The summed E-state index contributed by atoms with van der Waals surface area (Å²) in [6.45, 7) is 8.70. The van der Waals surface area contributed by atoms with Crippen molar-refractivity contribution in [2.24, 2.45) is 0 Å². The molecule has 0 aliphatic carbocycles. The van der Waals surface area contributed by atoms with E-state index in [0.717, 1.165) is 39.1 Å². The molecular weight excluding hydrogens is 634 g/mol. The molecule has 0 saturated carbocycles. The quantitative estimate of drug-likeness (QED) is 0.168. The van der Waals surface area contributed by atoms with Gasteiger partial charge in [-0.3, -0.25) is 9.48 Å².